The number of rotatable bonds is 3. The van der Waals surface area contributed by atoms with E-state index in [1.807, 2.05) is 0 Å². The monoisotopic (exact) mass is 352 g/mol. The molecule has 2 rings (SSSR count). The number of nitro groups is 1. The maximum Gasteiger partial charge on any atom is 0.274 e. The highest BCUT2D eigenvalue weighted by atomic mass is 79.9. The summed E-state index contributed by atoms with van der Waals surface area (Å²) in [5.41, 5.74) is 0.794. The molecule has 5 nitrogen and oxygen atoms in total. The predicted octanol–water partition coefficient (Wildman–Crippen LogP) is 4.06. The lowest BCUT2D eigenvalue weighted by Crippen LogP contribution is -2.12. The molecular formula is C14H10BrFN2O3. The minimum absolute atomic E-state index is 0.0896. The van der Waals surface area contributed by atoms with Crippen LogP contribution in [0, 0.1) is 22.9 Å². The molecule has 0 radical (unpaired) electrons. The number of amides is 1. The molecule has 1 N–H and O–H groups in total. The normalized spacial score (nSPS) is 10.2. The van der Waals surface area contributed by atoms with E-state index in [0.29, 0.717) is 10.0 Å². The second-order valence-corrected chi connectivity index (χ2v) is 5.29. The molecule has 0 aliphatic heterocycles. The third-order valence-electron chi connectivity index (χ3n) is 2.79. The van der Waals surface area contributed by atoms with Crippen LogP contribution in [0.1, 0.15) is 15.9 Å². The van der Waals surface area contributed by atoms with E-state index in [1.165, 1.54) is 24.3 Å². The second kappa shape index (κ2) is 6.01. The molecule has 0 heterocycles. The van der Waals surface area contributed by atoms with Crippen molar-refractivity contribution in [3.8, 4) is 0 Å². The molecule has 7 heteroatoms. The van der Waals surface area contributed by atoms with Crippen LogP contribution in [0.4, 0.5) is 15.8 Å². The molecule has 0 saturated heterocycles. The van der Waals surface area contributed by atoms with Crippen LogP contribution in [0.5, 0.6) is 0 Å². The largest absolute Gasteiger partial charge is 0.322 e. The Labute approximate surface area is 128 Å². The van der Waals surface area contributed by atoms with Crippen molar-refractivity contribution in [1.82, 2.24) is 0 Å². The van der Waals surface area contributed by atoms with Gasteiger partial charge in [0.1, 0.15) is 5.82 Å². The Bertz CT molecular complexity index is 714. The highest BCUT2D eigenvalue weighted by molar-refractivity contribution is 9.10. The summed E-state index contributed by atoms with van der Waals surface area (Å²) in [7, 11) is 0. The van der Waals surface area contributed by atoms with Crippen molar-refractivity contribution >= 4 is 33.2 Å². The van der Waals surface area contributed by atoms with Gasteiger partial charge in [0, 0.05) is 27.4 Å². The standard InChI is InChI=1S/C14H10BrFN2O3/c1-8-2-3-12(7-13(8)18(20)21)17-14(19)9-4-10(15)6-11(16)5-9/h2-7H,1H3,(H,17,19). The molecule has 2 aromatic carbocycles. The lowest BCUT2D eigenvalue weighted by atomic mass is 10.1. The Hall–Kier alpha value is -2.28. The average molecular weight is 353 g/mol. The molecule has 0 aliphatic rings. The van der Waals surface area contributed by atoms with Gasteiger partial charge in [-0.3, -0.25) is 14.9 Å². The molecule has 21 heavy (non-hydrogen) atoms. The Kier molecular flexibility index (Phi) is 4.32. The lowest BCUT2D eigenvalue weighted by molar-refractivity contribution is -0.385. The van der Waals surface area contributed by atoms with Gasteiger partial charge in [-0.05, 0) is 31.2 Å². The van der Waals surface area contributed by atoms with Crippen molar-refractivity contribution in [2.24, 2.45) is 0 Å². The number of carbonyl (C=O) groups excluding carboxylic acids is 1. The molecule has 0 saturated carbocycles. The number of nitrogens with zero attached hydrogens (tertiary/aromatic N) is 1. The van der Waals surface area contributed by atoms with E-state index >= 15 is 0 Å². The van der Waals surface area contributed by atoms with E-state index in [4.69, 9.17) is 0 Å². The van der Waals surface area contributed by atoms with Gasteiger partial charge in [-0.1, -0.05) is 22.0 Å². The van der Waals surface area contributed by atoms with Crippen molar-refractivity contribution in [3.05, 3.63) is 67.9 Å². The number of hydrogen-bond acceptors (Lipinski definition) is 3. The predicted molar refractivity (Wildman–Crippen MR) is 79.9 cm³/mol. The molecular weight excluding hydrogens is 343 g/mol. The summed E-state index contributed by atoms with van der Waals surface area (Å²) in [5.74, 6) is -1.10. The van der Waals surface area contributed by atoms with Crippen LogP contribution >= 0.6 is 15.9 Å². The second-order valence-electron chi connectivity index (χ2n) is 4.37. The Balaban J connectivity index is 2.27. The summed E-state index contributed by atoms with van der Waals surface area (Å²) >= 11 is 3.10. The fourth-order valence-electron chi connectivity index (χ4n) is 1.77. The minimum atomic E-state index is -0.551. The topological polar surface area (TPSA) is 72.2 Å². The van der Waals surface area contributed by atoms with Gasteiger partial charge in [-0.15, -0.1) is 0 Å². The van der Waals surface area contributed by atoms with Crippen LogP contribution in [0.2, 0.25) is 0 Å². The average Bonchev–Trinajstić information content (AvgIpc) is 2.39. The van der Waals surface area contributed by atoms with Crippen molar-refractivity contribution in [2.75, 3.05) is 5.32 Å². The van der Waals surface area contributed by atoms with Crippen LogP contribution in [-0.2, 0) is 0 Å². The van der Waals surface area contributed by atoms with E-state index in [2.05, 4.69) is 21.2 Å². The number of nitrogens with one attached hydrogen (secondary N) is 1. The number of nitro benzene ring substituents is 1. The van der Waals surface area contributed by atoms with E-state index < -0.39 is 16.6 Å². The molecule has 0 fully saturated rings. The molecule has 0 atom stereocenters. The van der Waals surface area contributed by atoms with Crippen LogP contribution in [0.3, 0.4) is 0 Å². The fraction of sp³-hybridized carbons (Fsp3) is 0.0714. The first kappa shape index (κ1) is 15.1. The number of hydrogen-bond donors (Lipinski definition) is 1. The van der Waals surface area contributed by atoms with Gasteiger partial charge in [0.15, 0.2) is 0 Å². The molecule has 0 bridgehead atoms. The SMILES string of the molecule is Cc1ccc(NC(=O)c2cc(F)cc(Br)c2)cc1[N+](=O)[O-]. The zero-order valence-corrected chi connectivity index (χ0v) is 12.5. The number of carbonyl (C=O) groups is 1. The number of benzene rings is 2. The van der Waals surface area contributed by atoms with E-state index in [-0.39, 0.29) is 16.9 Å². The lowest BCUT2D eigenvalue weighted by Gasteiger charge is -2.07. The van der Waals surface area contributed by atoms with Crippen molar-refractivity contribution < 1.29 is 14.1 Å². The van der Waals surface area contributed by atoms with Gasteiger partial charge in [0.25, 0.3) is 11.6 Å². The zero-order valence-electron chi connectivity index (χ0n) is 10.9. The van der Waals surface area contributed by atoms with Gasteiger partial charge in [0.05, 0.1) is 4.92 Å². The minimum Gasteiger partial charge on any atom is -0.322 e. The summed E-state index contributed by atoms with van der Waals surface area (Å²) < 4.78 is 13.7. The molecule has 108 valence electrons. The summed E-state index contributed by atoms with van der Waals surface area (Å²) in [6.45, 7) is 1.60. The molecule has 2 aromatic rings. The molecule has 0 aliphatic carbocycles. The zero-order chi connectivity index (χ0) is 15.6. The summed E-state index contributed by atoms with van der Waals surface area (Å²) in [5, 5.41) is 13.4. The van der Waals surface area contributed by atoms with Crippen molar-refractivity contribution in [1.29, 1.82) is 0 Å². The summed E-state index contributed by atoms with van der Waals surface area (Å²) in [6.07, 6.45) is 0. The highest BCUT2D eigenvalue weighted by Gasteiger charge is 2.14. The van der Waals surface area contributed by atoms with E-state index in [1.54, 1.807) is 13.0 Å². The Morgan fingerprint density at radius 1 is 1.29 bits per heavy atom. The quantitative estimate of drug-likeness (QED) is 0.668. The van der Waals surface area contributed by atoms with Gasteiger partial charge in [-0.2, -0.15) is 0 Å². The van der Waals surface area contributed by atoms with Crippen molar-refractivity contribution in [3.63, 3.8) is 0 Å². The first-order valence-corrected chi connectivity index (χ1v) is 6.68. The van der Waals surface area contributed by atoms with Gasteiger partial charge in [-0.25, -0.2) is 4.39 Å². The third kappa shape index (κ3) is 3.63. The maximum atomic E-state index is 13.3. The Morgan fingerprint density at radius 2 is 2.00 bits per heavy atom. The third-order valence-corrected chi connectivity index (χ3v) is 3.25. The fourth-order valence-corrected chi connectivity index (χ4v) is 2.24. The first-order chi connectivity index (χ1) is 9.86. The smallest absolute Gasteiger partial charge is 0.274 e. The summed E-state index contributed by atoms with van der Waals surface area (Å²) in [6, 6.07) is 8.13. The van der Waals surface area contributed by atoms with E-state index in [9.17, 15) is 19.3 Å². The molecule has 0 spiro atoms. The van der Waals surface area contributed by atoms with Gasteiger partial charge >= 0.3 is 0 Å². The number of anilines is 1. The van der Waals surface area contributed by atoms with E-state index in [0.717, 1.165) is 6.07 Å². The van der Waals surface area contributed by atoms with Crippen LogP contribution in [0.25, 0.3) is 0 Å². The molecule has 1 amide bonds. The first-order valence-electron chi connectivity index (χ1n) is 5.89. The Morgan fingerprint density at radius 3 is 2.62 bits per heavy atom. The van der Waals surface area contributed by atoms with Crippen LogP contribution in [0.15, 0.2) is 40.9 Å². The molecule has 0 unspecified atom stereocenters. The maximum absolute atomic E-state index is 13.3. The van der Waals surface area contributed by atoms with Crippen molar-refractivity contribution in [2.45, 2.75) is 6.92 Å². The van der Waals surface area contributed by atoms with Gasteiger partial charge < -0.3 is 5.32 Å². The number of halogens is 2. The molecule has 0 aromatic heterocycles. The van der Waals surface area contributed by atoms with Gasteiger partial charge in [0.2, 0.25) is 0 Å². The van der Waals surface area contributed by atoms with Crippen LogP contribution < -0.4 is 5.32 Å². The highest BCUT2D eigenvalue weighted by Crippen LogP contribution is 2.23. The van der Waals surface area contributed by atoms with Crippen LogP contribution in [-0.4, -0.2) is 10.8 Å². The number of aryl methyl sites for hydroxylation is 1. The summed E-state index contributed by atoms with van der Waals surface area (Å²) in [4.78, 5) is 22.3.